The highest BCUT2D eigenvalue weighted by Crippen LogP contribution is 2.18. The van der Waals surface area contributed by atoms with Crippen LogP contribution in [0.3, 0.4) is 0 Å². The molecule has 1 N–H and O–H groups in total. The maximum Gasteiger partial charge on any atom is 0.147 e. The van der Waals surface area contributed by atoms with E-state index in [1.165, 1.54) is 0 Å². The molecule has 0 aromatic carbocycles. The molecule has 0 fully saturated rings. The molecular formula is C13H18ClN5. The van der Waals surface area contributed by atoms with Gasteiger partial charge < -0.3 is 5.32 Å². The number of aryl methyl sites for hydroxylation is 2. The van der Waals surface area contributed by atoms with Gasteiger partial charge in [0.15, 0.2) is 0 Å². The number of rotatable bonds is 5. The fourth-order valence-electron chi connectivity index (χ4n) is 1.80. The van der Waals surface area contributed by atoms with E-state index >= 15 is 0 Å². The topological polar surface area (TPSA) is 55.6 Å². The summed E-state index contributed by atoms with van der Waals surface area (Å²) >= 11 is 6.19. The summed E-state index contributed by atoms with van der Waals surface area (Å²) in [6.45, 7) is 7.35. The number of anilines is 1. The van der Waals surface area contributed by atoms with E-state index < -0.39 is 0 Å². The molecule has 0 saturated heterocycles. The molecule has 102 valence electrons. The molecule has 0 bridgehead atoms. The van der Waals surface area contributed by atoms with Gasteiger partial charge in [0.2, 0.25) is 0 Å². The minimum atomic E-state index is 0.535. The van der Waals surface area contributed by atoms with Crippen LogP contribution in [0.4, 0.5) is 5.82 Å². The molecule has 6 heteroatoms. The van der Waals surface area contributed by atoms with Crippen LogP contribution in [-0.2, 0) is 6.54 Å². The van der Waals surface area contributed by atoms with Crippen molar-refractivity contribution >= 4 is 17.4 Å². The van der Waals surface area contributed by atoms with Gasteiger partial charge in [-0.3, -0.25) is 0 Å². The van der Waals surface area contributed by atoms with Crippen LogP contribution in [0.2, 0.25) is 5.02 Å². The van der Waals surface area contributed by atoms with E-state index in [1.54, 1.807) is 0 Å². The average Bonchev–Trinajstić information content (AvgIpc) is 2.69. The van der Waals surface area contributed by atoms with Crippen molar-refractivity contribution in [2.24, 2.45) is 0 Å². The van der Waals surface area contributed by atoms with Crippen LogP contribution in [0.25, 0.3) is 0 Å². The van der Waals surface area contributed by atoms with E-state index in [4.69, 9.17) is 11.6 Å². The van der Waals surface area contributed by atoms with Crippen molar-refractivity contribution in [3.63, 3.8) is 0 Å². The van der Waals surface area contributed by atoms with Gasteiger partial charge in [-0.05, 0) is 32.4 Å². The fourth-order valence-corrected chi connectivity index (χ4v) is 1.96. The molecule has 0 amide bonds. The molecular weight excluding hydrogens is 262 g/mol. The molecule has 0 aliphatic heterocycles. The summed E-state index contributed by atoms with van der Waals surface area (Å²) in [6.07, 6.45) is 1.06. The maximum absolute atomic E-state index is 6.19. The minimum absolute atomic E-state index is 0.535. The van der Waals surface area contributed by atoms with Crippen molar-refractivity contribution in [2.45, 2.75) is 33.7 Å². The van der Waals surface area contributed by atoms with E-state index in [2.05, 4.69) is 27.3 Å². The van der Waals surface area contributed by atoms with Crippen molar-refractivity contribution in [3.05, 3.63) is 34.5 Å². The summed E-state index contributed by atoms with van der Waals surface area (Å²) < 4.78 is 1.81. The normalized spacial score (nSPS) is 10.7. The van der Waals surface area contributed by atoms with Crippen molar-refractivity contribution in [3.8, 4) is 0 Å². The monoisotopic (exact) mass is 279 g/mol. The van der Waals surface area contributed by atoms with Gasteiger partial charge in [0.05, 0.1) is 17.3 Å². The quantitative estimate of drug-likeness (QED) is 0.914. The zero-order chi connectivity index (χ0) is 13.8. The number of hydrogen-bond acceptors (Lipinski definition) is 4. The van der Waals surface area contributed by atoms with E-state index in [0.29, 0.717) is 11.6 Å². The van der Waals surface area contributed by atoms with Gasteiger partial charge in [0.25, 0.3) is 0 Å². The first-order chi connectivity index (χ1) is 9.10. The van der Waals surface area contributed by atoms with Gasteiger partial charge in [0, 0.05) is 6.54 Å². The Labute approximate surface area is 118 Å². The number of aromatic nitrogens is 4. The first kappa shape index (κ1) is 13.8. The minimum Gasteiger partial charge on any atom is -0.370 e. The number of nitrogens with zero attached hydrogens (tertiary/aromatic N) is 4. The maximum atomic E-state index is 6.19. The average molecular weight is 280 g/mol. The lowest BCUT2D eigenvalue weighted by Gasteiger charge is -2.09. The van der Waals surface area contributed by atoms with Crippen molar-refractivity contribution < 1.29 is 0 Å². The second-order valence-electron chi connectivity index (χ2n) is 4.42. The van der Waals surface area contributed by atoms with E-state index in [1.807, 2.05) is 30.7 Å². The van der Waals surface area contributed by atoms with Crippen molar-refractivity contribution in [1.29, 1.82) is 0 Å². The standard InChI is InChI=1S/C13H18ClN5/c1-4-7-15-13-6-5-11(14)12(17-13)8-19-10(3)16-9(2)18-19/h5-6H,4,7-8H2,1-3H3,(H,15,17). The third-order valence-corrected chi connectivity index (χ3v) is 3.08. The van der Waals surface area contributed by atoms with Gasteiger partial charge in [-0.2, -0.15) is 5.10 Å². The molecule has 0 atom stereocenters. The third kappa shape index (κ3) is 3.44. The Kier molecular flexibility index (Phi) is 4.37. The van der Waals surface area contributed by atoms with Gasteiger partial charge >= 0.3 is 0 Å². The molecule has 0 aliphatic rings. The summed E-state index contributed by atoms with van der Waals surface area (Å²) in [7, 11) is 0. The SMILES string of the molecule is CCCNc1ccc(Cl)c(Cn2nc(C)nc2C)n1. The second kappa shape index (κ2) is 6.02. The summed E-state index contributed by atoms with van der Waals surface area (Å²) in [5, 5.41) is 8.23. The van der Waals surface area contributed by atoms with Crippen LogP contribution in [0, 0.1) is 13.8 Å². The summed E-state index contributed by atoms with van der Waals surface area (Å²) in [4.78, 5) is 8.80. The number of hydrogen-bond donors (Lipinski definition) is 1. The highest BCUT2D eigenvalue weighted by atomic mass is 35.5. The van der Waals surface area contributed by atoms with Gasteiger partial charge in [0.1, 0.15) is 17.5 Å². The Morgan fingerprint density at radius 1 is 1.26 bits per heavy atom. The van der Waals surface area contributed by atoms with Crippen LogP contribution in [-0.4, -0.2) is 26.3 Å². The van der Waals surface area contributed by atoms with Gasteiger partial charge in [-0.1, -0.05) is 18.5 Å². The zero-order valence-corrected chi connectivity index (χ0v) is 12.2. The molecule has 5 nitrogen and oxygen atoms in total. The lowest BCUT2D eigenvalue weighted by molar-refractivity contribution is 0.644. The number of pyridine rings is 1. The summed E-state index contributed by atoms with van der Waals surface area (Å²) in [5.41, 5.74) is 0.802. The molecule has 2 aromatic heterocycles. The summed E-state index contributed by atoms with van der Waals surface area (Å²) in [5.74, 6) is 2.46. The predicted molar refractivity (Wildman–Crippen MR) is 76.6 cm³/mol. The van der Waals surface area contributed by atoms with E-state index in [9.17, 15) is 0 Å². The van der Waals surface area contributed by atoms with Crippen LogP contribution in [0.15, 0.2) is 12.1 Å². The highest BCUT2D eigenvalue weighted by Gasteiger charge is 2.08. The van der Waals surface area contributed by atoms with Crippen LogP contribution in [0.5, 0.6) is 0 Å². The van der Waals surface area contributed by atoms with Gasteiger partial charge in [-0.25, -0.2) is 14.6 Å². The van der Waals surface area contributed by atoms with E-state index in [0.717, 1.165) is 36.1 Å². The Hall–Kier alpha value is -1.62. The predicted octanol–water partition coefficient (Wildman–Crippen LogP) is 2.81. The Morgan fingerprint density at radius 3 is 2.68 bits per heavy atom. The van der Waals surface area contributed by atoms with Crippen molar-refractivity contribution in [1.82, 2.24) is 19.7 Å². The highest BCUT2D eigenvalue weighted by molar-refractivity contribution is 6.31. The number of nitrogens with one attached hydrogen (secondary N) is 1. The molecule has 0 aliphatic carbocycles. The molecule has 0 saturated carbocycles. The largest absolute Gasteiger partial charge is 0.370 e. The second-order valence-corrected chi connectivity index (χ2v) is 4.82. The molecule has 0 spiro atoms. The molecule has 0 unspecified atom stereocenters. The number of halogens is 1. The molecule has 19 heavy (non-hydrogen) atoms. The Bertz CT molecular complexity index is 564. The molecule has 2 heterocycles. The Morgan fingerprint density at radius 2 is 2.05 bits per heavy atom. The fraction of sp³-hybridized carbons (Fsp3) is 0.462. The third-order valence-electron chi connectivity index (χ3n) is 2.74. The lowest BCUT2D eigenvalue weighted by Crippen LogP contribution is -2.09. The smallest absolute Gasteiger partial charge is 0.147 e. The molecule has 2 rings (SSSR count). The van der Waals surface area contributed by atoms with Crippen LogP contribution in [0.1, 0.15) is 30.7 Å². The molecule has 0 radical (unpaired) electrons. The molecule has 2 aromatic rings. The van der Waals surface area contributed by atoms with Crippen LogP contribution < -0.4 is 5.32 Å². The zero-order valence-electron chi connectivity index (χ0n) is 11.4. The first-order valence-corrected chi connectivity index (χ1v) is 6.75. The lowest BCUT2D eigenvalue weighted by atomic mass is 10.3. The van der Waals surface area contributed by atoms with Gasteiger partial charge in [-0.15, -0.1) is 0 Å². The van der Waals surface area contributed by atoms with Crippen molar-refractivity contribution in [2.75, 3.05) is 11.9 Å². The Balaban J connectivity index is 2.21. The van der Waals surface area contributed by atoms with Crippen LogP contribution >= 0.6 is 11.6 Å². The summed E-state index contributed by atoms with van der Waals surface area (Å²) in [6, 6.07) is 3.75. The first-order valence-electron chi connectivity index (χ1n) is 6.37. The van der Waals surface area contributed by atoms with E-state index in [-0.39, 0.29) is 0 Å².